The summed E-state index contributed by atoms with van der Waals surface area (Å²) in [4.78, 5) is 62.6. The third-order valence-corrected chi connectivity index (χ3v) is 6.57. The molecule has 2 aromatic carbocycles. The zero-order chi connectivity index (χ0) is 33.4. The number of nitrogens with two attached hydrogens (primary N) is 1. The Bertz CT molecular complexity index is 1340. The zero-order valence-corrected chi connectivity index (χ0v) is 26.0. The first-order valence-corrected chi connectivity index (χ1v) is 14.6. The van der Waals surface area contributed by atoms with E-state index < -0.39 is 53.8 Å². The summed E-state index contributed by atoms with van der Waals surface area (Å²) in [7, 11) is 1.56. The van der Waals surface area contributed by atoms with E-state index in [9.17, 15) is 24.0 Å². The van der Waals surface area contributed by atoms with Crippen LogP contribution in [-0.4, -0.2) is 66.6 Å². The molecular formula is C34H42N2O9. The van der Waals surface area contributed by atoms with Crippen LogP contribution in [0.4, 0.5) is 0 Å². The van der Waals surface area contributed by atoms with Crippen molar-refractivity contribution >= 4 is 35.7 Å². The zero-order valence-electron chi connectivity index (χ0n) is 26.0. The van der Waals surface area contributed by atoms with Crippen LogP contribution in [0.1, 0.15) is 44.7 Å². The SMILES string of the molecule is COc1ccc(C[C@@H](N)C(=O)NC[C@@H](C)C(=O)O[C@@H](CC(C)C)C(=O)O[C@@H](C/C=C/C(=O)O)C(=O)/C=C/c2ccccc2)cc1. The Balaban J connectivity index is 2.03. The summed E-state index contributed by atoms with van der Waals surface area (Å²) in [5.74, 6) is -4.16. The van der Waals surface area contributed by atoms with Crippen LogP contribution in [0.2, 0.25) is 0 Å². The van der Waals surface area contributed by atoms with E-state index >= 15 is 0 Å². The Morgan fingerprint density at radius 2 is 1.53 bits per heavy atom. The standard InChI is InChI=1S/C34H42N2O9/c1-22(2)19-30(34(42)44-29(11-8-12-31(38)39)28(37)18-15-24-9-6-5-7-10-24)45-33(41)23(3)21-36-32(40)27(35)20-25-13-16-26(43-4)17-14-25/h5-10,12-18,22-23,27,29-30H,11,19-21,35H2,1-4H3,(H,36,40)(H,38,39)/b12-8+,18-15+/t23-,27-,29+,30+/m1/s1. The molecule has 0 aliphatic rings. The smallest absolute Gasteiger partial charge is 0.348 e. The molecule has 0 aromatic heterocycles. The first-order chi connectivity index (χ1) is 21.4. The molecular weight excluding hydrogens is 580 g/mol. The van der Waals surface area contributed by atoms with Gasteiger partial charge < -0.3 is 30.4 Å². The summed E-state index contributed by atoms with van der Waals surface area (Å²) in [6, 6.07) is 15.3. The largest absolute Gasteiger partial charge is 0.497 e. The number of carboxylic acids is 1. The highest BCUT2D eigenvalue weighted by molar-refractivity contribution is 5.98. The van der Waals surface area contributed by atoms with Gasteiger partial charge in [0.25, 0.3) is 0 Å². The lowest BCUT2D eigenvalue weighted by Crippen LogP contribution is -2.45. The van der Waals surface area contributed by atoms with Crippen LogP contribution in [0.3, 0.4) is 0 Å². The predicted octanol–water partition coefficient (Wildman–Crippen LogP) is 3.50. The second-order valence-electron chi connectivity index (χ2n) is 10.9. The van der Waals surface area contributed by atoms with Crippen LogP contribution in [0, 0.1) is 11.8 Å². The molecule has 0 saturated heterocycles. The third-order valence-electron chi connectivity index (χ3n) is 6.57. The Morgan fingerprint density at radius 1 is 0.889 bits per heavy atom. The summed E-state index contributed by atoms with van der Waals surface area (Å²) < 4.78 is 16.1. The first kappa shape index (κ1) is 36.4. The van der Waals surface area contributed by atoms with E-state index in [0.29, 0.717) is 5.75 Å². The molecule has 0 unspecified atom stereocenters. The number of ether oxygens (including phenoxy) is 3. The molecule has 2 rings (SSSR count). The van der Waals surface area contributed by atoms with Gasteiger partial charge in [0.05, 0.1) is 19.1 Å². The molecule has 0 saturated carbocycles. The number of methoxy groups -OCH3 is 1. The number of rotatable bonds is 18. The Morgan fingerprint density at radius 3 is 2.13 bits per heavy atom. The molecule has 2 aromatic rings. The third kappa shape index (κ3) is 13.6. The highest BCUT2D eigenvalue weighted by Gasteiger charge is 2.31. The molecule has 1 amide bonds. The quantitative estimate of drug-likeness (QED) is 0.165. The minimum Gasteiger partial charge on any atom is -0.497 e. The molecule has 11 nitrogen and oxygen atoms in total. The van der Waals surface area contributed by atoms with Gasteiger partial charge in [-0.1, -0.05) is 75.4 Å². The van der Waals surface area contributed by atoms with Crippen LogP contribution >= 0.6 is 0 Å². The lowest BCUT2D eigenvalue weighted by Gasteiger charge is -2.23. The number of ketones is 1. The van der Waals surface area contributed by atoms with Crippen molar-refractivity contribution in [2.75, 3.05) is 13.7 Å². The number of hydrogen-bond acceptors (Lipinski definition) is 9. The van der Waals surface area contributed by atoms with E-state index in [2.05, 4.69) is 5.32 Å². The number of esters is 2. The summed E-state index contributed by atoms with van der Waals surface area (Å²) in [5, 5.41) is 11.6. The van der Waals surface area contributed by atoms with Crippen LogP contribution < -0.4 is 15.8 Å². The number of carbonyl (C=O) groups is 5. The predicted molar refractivity (Wildman–Crippen MR) is 168 cm³/mol. The fourth-order valence-electron chi connectivity index (χ4n) is 4.03. The lowest BCUT2D eigenvalue weighted by atomic mass is 10.0. The van der Waals surface area contributed by atoms with E-state index in [0.717, 1.165) is 17.2 Å². The second kappa shape index (κ2) is 18.8. The first-order valence-electron chi connectivity index (χ1n) is 14.6. The van der Waals surface area contributed by atoms with Gasteiger partial charge in [-0.25, -0.2) is 9.59 Å². The van der Waals surface area contributed by atoms with E-state index in [1.54, 1.807) is 61.7 Å². The summed E-state index contributed by atoms with van der Waals surface area (Å²) in [5.41, 5.74) is 7.63. The molecule has 4 N–H and O–H groups in total. The molecule has 0 bridgehead atoms. The van der Waals surface area contributed by atoms with Gasteiger partial charge in [-0.3, -0.25) is 14.4 Å². The highest BCUT2D eigenvalue weighted by Crippen LogP contribution is 2.16. The monoisotopic (exact) mass is 622 g/mol. The van der Waals surface area contributed by atoms with Gasteiger partial charge >= 0.3 is 17.9 Å². The molecule has 4 atom stereocenters. The van der Waals surface area contributed by atoms with E-state index in [4.69, 9.17) is 25.1 Å². The summed E-state index contributed by atoms with van der Waals surface area (Å²) >= 11 is 0. The maximum Gasteiger partial charge on any atom is 0.348 e. The summed E-state index contributed by atoms with van der Waals surface area (Å²) in [6.07, 6.45) is 2.37. The minimum absolute atomic E-state index is 0.0806. The Labute approximate surface area is 263 Å². The molecule has 0 fully saturated rings. The van der Waals surface area contributed by atoms with Crippen molar-refractivity contribution < 1.29 is 43.3 Å². The number of aliphatic carboxylic acids is 1. The van der Waals surface area contributed by atoms with E-state index in [-0.39, 0.29) is 31.7 Å². The number of carbonyl (C=O) groups excluding carboxylic acids is 4. The number of carboxylic acid groups (broad SMARTS) is 1. The van der Waals surface area contributed by atoms with Gasteiger partial charge in [0.2, 0.25) is 5.91 Å². The number of amides is 1. The number of hydrogen-bond donors (Lipinski definition) is 3. The minimum atomic E-state index is -1.34. The molecule has 45 heavy (non-hydrogen) atoms. The van der Waals surface area contributed by atoms with Crippen LogP contribution in [-0.2, 0) is 39.9 Å². The molecule has 0 aliphatic carbocycles. The van der Waals surface area contributed by atoms with Crippen molar-refractivity contribution in [2.45, 2.75) is 58.3 Å². The van der Waals surface area contributed by atoms with Crippen molar-refractivity contribution in [1.82, 2.24) is 5.32 Å². The topological polar surface area (TPSA) is 171 Å². The maximum atomic E-state index is 13.2. The molecule has 0 radical (unpaired) electrons. The molecule has 0 aliphatic heterocycles. The van der Waals surface area contributed by atoms with Crippen molar-refractivity contribution in [3.05, 3.63) is 84.0 Å². The molecule has 0 spiro atoms. The van der Waals surface area contributed by atoms with Crippen molar-refractivity contribution in [3.8, 4) is 5.75 Å². The van der Waals surface area contributed by atoms with Gasteiger partial charge in [-0.2, -0.15) is 0 Å². The maximum absolute atomic E-state index is 13.2. The van der Waals surface area contributed by atoms with Crippen molar-refractivity contribution in [1.29, 1.82) is 0 Å². The number of nitrogens with one attached hydrogen (secondary N) is 1. The molecule has 11 heteroatoms. The average molecular weight is 623 g/mol. The van der Waals surface area contributed by atoms with Gasteiger partial charge in [-0.05, 0) is 48.1 Å². The highest BCUT2D eigenvalue weighted by atomic mass is 16.6. The Hall–Kier alpha value is -4.77. The van der Waals surface area contributed by atoms with Crippen LogP contribution in [0.15, 0.2) is 72.8 Å². The van der Waals surface area contributed by atoms with Gasteiger partial charge in [0.15, 0.2) is 18.0 Å². The lowest BCUT2D eigenvalue weighted by molar-refractivity contribution is -0.175. The molecule has 0 heterocycles. The average Bonchev–Trinajstić information content (AvgIpc) is 3.01. The van der Waals surface area contributed by atoms with Gasteiger partial charge in [0, 0.05) is 19.0 Å². The number of benzene rings is 2. The Kier molecular flexibility index (Phi) is 15.2. The fraction of sp³-hybridized carbons (Fsp3) is 0.382. The van der Waals surface area contributed by atoms with Gasteiger partial charge in [0.1, 0.15) is 5.75 Å². The fourth-order valence-corrected chi connectivity index (χ4v) is 4.03. The van der Waals surface area contributed by atoms with E-state index in [1.807, 2.05) is 19.9 Å². The van der Waals surface area contributed by atoms with Crippen LogP contribution in [0.25, 0.3) is 6.08 Å². The van der Waals surface area contributed by atoms with Gasteiger partial charge in [-0.15, -0.1) is 0 Å². The van der Waals surface area contributed by atoms with E-state index in [1.165, 1.54) is 19.1 Å². The van der Waals surface area contributed by atoms with Crippen molar-refractivity contribution in [3.63, 3.8) is 0 Å². The van der Waals surface area contributed by atoms with Crippen LogP contribution in [0.5, 0.6) is 5.75 Å². The summed E-state index contributed by atoms with van der Waals surface area (Å²) in [6.45, 7) is 5.10. The molecule has 242 valence electrons. The normalized spacial score (nSPS) is 14.0. The van der Waals surface area contributed by atoms with Crippen molar-refractivity contribution in [2.24, 2.45) is 17.6 Å². The second-order valence-corrected chi connectivity index (χ2v) is 10.9.